The number of hydrogen-bond acceptors (Lipinski definition) is 3. The third-order valence-corrected chi connectivity index (χ3v) is 2.21. The van der Waals surface area contributed by atoms with Crippen LogP contribution in [0, 0.1) is 5.82 Å². The van der Waals surface area contributed by atoms with E-state index in [1.165, 1.54) is 12.1 Å². The Morgan fingerprint density at radius 2 is 1.94 bits per heavy atom. The van der Waals surface area contributed by atoms with E-state index in [4.69, 9.17) is 5.11 Å². The van der Waals surface area contributed by atoms with E-state index >= 15 is 0 Å². The molecule has 1 amide bonds. The summed E-state index contributed by atoms with van der Waals surface area (Å²) in [4.78, 5) is 21.5. The Hall–Kier alpha value is -1.95. The summed E-state index contributed by atoms with van der Waals surface area (Å²) in [6.45, 7) is 0.901. The van der Waals surface area contributed by atoms with Gasteiger partial charge in [0.1, 0.15) is 19.0 Å². The summed E-state index contributed by atoms with van der Waals surface area (Å²) in [5.74, 6) is -1.90. The standard InChI is InChI=1S/C12H14FNO4/c1-8(9-2-4-10(13)5-3-9)14-11(15)6-18-7-12(16)17/h2-5,8H,6-7H2,1H3,(H,14,15)(H,16,17)/t8-/m0/s1. The SMILES string of the molecule is C[C@H](NC(=O)COCC(=O)O)c1ccc(F)cc1. The molecule has 0 fully saturated rings. The first-order valence-corrected chi connectivity index (χ1v) is 5.33. The van der Waals surface area contributed by atoms with Gasteiger partial charge >= 0.3 is 5.97 Å². The Morgan fingerprint density at radius 3 is 2.50 bits per heavy atom. The Morgan fingerprint density at radius 1 is 1.33 bits per heavy atom. The fourth-order valence-corrected chi connectivity index (χ4v) is 1.35. The molecular weight excluding hydrogens is 241 g/mol. The number of carboxylic acids is 1. The monoisotopic (exact) mass is 255 g/mol. The van der Waals surface area contributed by atoms with E-state index in [0.717, 1.165) is 5.56 Å². The lowest BCUT2D eigenvalue weighted by Gasteiger charge is -2.14. The van der Waals surface area contributed by atoms with Crippen LogP contribution in [0.2, 0.25) is 0 Å². The quantitative estimate of drug-likeness (QED) is 0.798. The molecule has 1 aromatic rings. The van der Waals surface area contributed by atoms with Crippen molar-refractivity contribution >= 4 is 11.9 Å². The van der Waals surface area contributed by atoms with Crippen LogP contribution in [-0.2, 0) is 14.3 Å². The lowest BCUT2D eigenvalue weighted by Crippen LogP contribution is -2.30. The van der Waals surface area contributed by atoms with E-state index in [9.17, 15) is 14.0 Å². The minimum Gasteiger partial charge on any atom is -0.480 e. The van der Waals surface area contributed by atoms with Crippen molar-refractivity contribution in [2.24, 2.45) is 0 Å². The van der Waals surface area contributed by atoms with Crippen molar-refractivity contribution in [2.75, 3.05) is 13.2 Å². The van der Waals surface area contributed by atoms with Crippen molar-refractivity contribution in [3.8, 4) is 0 Å². The van der Waals surface area contributed by atoms with Crippen LogP contribution in [-0.4, -0.2) is 30.2 Å². The largest absolute Gasteiger partial charge is 0.480 e. The van der Waals surface area contributed by atoms with Gasteiger partial charge in [-0.25, -0.2) is 9.18 Å². The average Bonchev–Trinajstić information content (AvgIpc) is 2.29. The summed E-state index contributed by atoms with van der Waals surface area (Å²) in [6.07, 6.45) is 0. The van der Waals surface area contributed by atoms with E-state index in [0.29, 0.717) is 0 Å². The molecule has 0 radical (unpaired) electrons. The molecule has 0 aliphatic rings. The van der Waals surface area contributed by atoms with Crippen LogP contribution in [0.5, 0.6) is 0 Å². The molecule has 0 unspecified atom stereocenters. The number of halogens is 1. The number of hydrogen-bond donors (Lipinski definition) is 2. The van der Waals surface area contributed by atoms with Gasteiger partial charge in [0.05, 0.1) is 6.04 Å². The molecule has 0 heterocycles. The molecule has 1 rings (SSSR count). The predicted molar refractivity (Wildman–Crippen MR) is 61.4 cm³/mol. The van der Waals surface area contributed by atoms with Gasteiger partial charge in [0.25, 0.3) is 0 Å². The maximum Gasteiger partial charge on any atom is 0.329 e. The summed E-state index contributed by atoms with van der Waals surface area (Å²) in [5, 5.41) is 10.9. The summed E-state index contributed by atoms with van der Waals surface area (Å²) in [6, 6.07) is 5.45. The second-order valence-corrected chi connectivity index (χ2v) is 3.73. The summed E-state index contributed by atoms with van der Waals surface area (Å²) >= 11 is 0. The number of nitrogens with one attached hydrogen (secondary N) is 1. The van der Waals surface area contributed by atoms with Crippen molar-refractivity contribution in [2.45, 2.75) is 13.0 Å². The summed E-state index contributed by atoms with van der Waals surface area (Å²) in [5.41, 5.74) is 0.753. The smallest absolute Gasteiger partial charge is 0.329 e. The number of carbonyl (C=O) groups excluding carboxylic acids is 1. The van der Waals surface area contributed by atoms with Gasteiger partial charge in [-0.1, -0.05) is 12.1 Å². The van der Waals surface area contributed by atoms with Crippen molar-refractivity contribution in [1.82, 2.24) is 5.32 Å². The molecule has 1 aromatic carbocycles. The van der Waals surface area contributed by atoms with Crippen LogP contribution in [0.3, 0.4) is 0 Å². The van der Waals surface area contributed by atoms with Gasteiger partial charge in [-0.15, -0.1) is 0 Å². The minimum atomic E-state index is -1.13. The second-order valence-electron chi connectivity index (χ2n) is 3.73. The first kappa shape index (κ1) is 14.1. The van der Waals surface area contributed by atoms with Gasteiger partial charge in [-0.2, -0.15) is 0 Å². The number of carbonyl (C=O) groups is 2. The van der Waals surface area contributed by atoms with Crippen molar-refractivity contribution < 1.29 is 23.8 Å². The Balaban J connectivity index is 2.39. The lowest BCUT2D eigenvalue weighted by atomic mass is 10.1. The fourth-order valence-electron chi connectivity index (χ4n) is 1.35. The molecule has 18 heavy (non-hydrogen) atoms. The number of ether oxygens (including phenoxy) is 1. The highest BCUT2D eigenvalue weighted by Gasteiger charge is 2.10. The van der Waals surface area contributed by atoms with E-state index in [-0.39, 0.29) is 18.5 Å². The van der Waals surface area contributed by atoms with E-state index in [1.807, 2.05) is 0 Å². The molecule has 0 aliphatic carbocycles. The highest BCUT2D eigenvalue weighted by molar-refractivity contribution is 5.78. The van der Waals surface area contributed by atoms with Gasteiger partial charge in [0.15, 0.2) is 0 Å². The molecule has 0 aliphatic heterocycles. The highest BCUT2D eigenvalue weighted by atomic mass is 19.1. The molecule has 1 atom stereocenters. The molecule has 5 nitrogen and oxygen atoms in total. The number of benzene rings is 1. The predicted octanol–water partition coefficient (Wildman–Crippen LogP) is 1.10. The molecule has 0 saturated carbocycles. The Labute approximate surface area is 104 Å². The van der Waals surface area contributed by atoms with Crippen molar-refractivity contribution in [1.29, 1.82) is 0 Å². The second kappa shape index (κ2) is 6.70. The van der Waals surface area contributed by atoms with E-state index in [2.05, 4.69) is 10.1 Å². The summed E-state index contributed by atoms with van der Waals surface area (Å²) in [7, 11) is 0. The van der Waals surface area contributed by atoms with Gasteiger partial charge in [-0.3, -0.25) is 4.79 Å². The fraction of sp³-hybridized carbons (Fsp3) is 0.333. The number of aliphatic carboxylic acids is 1. The van der Waals surface area contributed by atoms with Gasteiger partial charge in [0, 0.05) is 0 Å². The Bertz CT molecular complexity index is 419. The maximum atomic E-state index is 12.7. The van der Waals surface area contributed by atoms with Crippen LogP contribution in [0.15, 0.2) is 24.3 Å². The topological polar surface area (TPSA) is 75.6 Å². The molecule has 6 heteroatoms. The van der Waals surface area contributed by atoms with Crippen molar-refractivity contribution in [3.63, 3.8) is 0 Å². The van der Waals surface area contributed by atoms with Crippen LogP contribution >= 0.6 is 0 Å². The molecular formula is C12H14FNO4. The molecule has 98 valence electrons. The normalized spacial score (nSPS) is 11.9. The first-order chi connectivity index (χ1) is 8.49. The van der Waals surface area contributed by atoms with Gasteiger partial charge < -0.3 is 15.2 Å². The maximum absolute atomic E-state index is 12.7. The highest BCUT2D eigenvalue weighted by Crippen LogP contribution is 2.12. The van der Waals surface area contributed by atoms with Crippen LogP contribution in [0.1, 0.15) is 18.5 Å². The third kappa shape index (κ3) is 4.92. The van der Waals surface area contributed by atoms with Crippen LogP contribution in [0.4, 0.5) is 4.39 Å². The van der Waals surface area contributed by atoms with Crippen LogP contribution < -0.4 is 5.32 Å². The molecule has 0 bridgehead atoms. The first-order valence-electron chi connectivity index (χ1n) is 5.33. The molecule has 2 N–H and O–H groups in total. The lowest BCUT2D eigenvalue weighted by molar-refractivity contribution is -0.143. The number of amides is 1. The minimum absolute atomic E-state index is 0.300. The average molecular weight is 255 g/mol. The van der Waals surface area contributed by atoms with E-state index < -0.39 is 18.5 Å². The van der Waals surface area contributed by atoms with Crippen LogP contribution in [0.25, 0.3) is 0 Å². The van der Waals surface area contributed by atoms with E-state index in [1.54, 1.807) is 19.1 Å². The molecule has 0 saturated heterocycles. The van der Waals surface area contributed by atoms with Crippen molar-refractivity contribution in [3.05, 3.63) is 35.6 Å². The number of carboxylic acid groups (broad SMARTS) is 1. The zero-order valence-electron chi connectivity index (χ0n) is 9.85. The zero-order valence-corrected chi connectivity index (χ0v) is 9.85. The Kier molecular flexibility index (Phi) is 5.26. The molecule has 0 aromatic heterocycles. The van der Waals surface area contributed by atoms with Gasteiger partial charge in [-0.05, 0) is 24.6 Å². The van der Waals surface area contributed by atoms with Gasteiger partial charge in [0.2, 0.25) is 5.91 Å². The molecule has 0 spiro atoms. The summed E-state index contributed by atoms with van der Waals surface area (Å²) < 4.78 is 17.3. The third-order valence-electron chi connectivity index (χ3n) is 2.21. The number of rotatable bonds is 6. The zero-order chi connectivity index (χ0) is 13.5.